The molecule has 0 unspecified atom stereocenters. The van der Waals surface area contributed by atoms with Crippen molar-refractivity contribution in [2.24, 2.45) is 11.8 Å². The summed E-state index contributed by atoms with van der Waals surface area (Å²) in [6.45, 7) is 3.88. The number of nitrogens with one attached hydrogen (secondary N) is 1. The average Bonchev–Trinajstić information content (AvgIpc) is 2.69. The molecular formula is C12H19N3O2. The topological polar surface area (TPSA) is 81.2 Å². The summed E-state index contributed by atoms with van der Waals surface area (Å²) in [5.41, 5.74) is 3.18. The SMILES string of the molecule is Cc1nc([C@H]2CC[C@H](C(=O)NN)CC2)oc1C. The van der Waals surface area contributed by atoms with Crippen LogP contribution in [0.5, 0.6) is 0 Å². The molecule has 1 amide bonds. The van der Waals surface area contributed by atoms with Crippen LogP contribution in [0.3, 0.4) is 0 Å². The second kappa shape index (κ2) is 4.87. The molecule has 1 aromatic heterocycles. The minimum atomic E-state index is -0.0526. The van der Waals surface area contributed by atoms with Crippen LogP contribution in [0.4, 0.5) is 0 Å². The van der Waals surface area contributed by atoms with E-state index in [0.717, 1.165) is 43.0 Å². The standard InChI is InChI=1S/C12H19N3O2/c1-7-8(2)17-12(14-7)10-5-3-9(4-6-10)11(16)15-13/h9-10H,3-6,13H2,1-2H3,(H,15,16)/t9-,10-. The molecule has 17 heavy (non-hydrogen) atoms. The molecule has 0 radical (unpaired) electrons. The van der Waals surface area contributed by atoms with Crippen molar-refractivity contribution in [2.45, 2.75) is 45.4 Å². The number of carbonyl (C=O) groups excluding carboxylic acids is 1. The van der Waals surface area contributed by atoms with Crippen LogP contribution < -0.4 is 11.3 Å². The summed E-state index contributed by atoms with van der Waals surface area (Å²) in [6.07, 6.45) is 3.59. The first kappa shape index (κ1) is 12.1. The fourth-order valence-electron chi connectivity index (χ4n) is 2.39. The van der Waals surface area contributed by atoms with Crippen molar-refractivity contribution >= 4 is 5.91 Å². The Bertz CT molecular complexity index is 386. The fourth-order valence-corrected chi connectivity index (χ4v) is 2.39. The van der Waals surface area contributed by atoms with Crippen molar-refractivity contribution in [3.8, 4) is 0 Å². The molecule has 0 aliphatic heterocycles. The number of hydrogen-bond acceptors (Lipinski definition) is 4. The van der Waals surface area contributed by atoms with Crippen LogP contribution in [0.25, 0.3) is 0 Å². The number of hydrazine groups is 1. The molecule has 0 spiro atoms. The van der Waals surface area contributed by atoms with E-state index in [0.29, 0.717) is 5.92 Å². The van der Waals surface area contributed by atoms with E-state index in [-0.39, 0.29) is 11.8 Å². The largest absolute Gasteiger partial charge is 0.445 e. The predicted molar refractivity (Wildman–Crippen MR) is 63.0 cm³/mol. The molecule has 1 heterocycles. The summed E-state index contributed by atoms with van der Waals surface area (Å²) in [5.74, 6) is 7.21. The highest BCUT2D eigenvalue weighted by Gasteiger charge is 2.29. The molecule has 1 aromatic rings. The first-order chi connectivity index (χ1) is 8.11. The Balaban J connectivity index is 1.97. The number of nitrogens with zero attached hydrogens (tertiary/aromatic N) is 1. The Kier molecular flexibility index (Phi) is 3.47. The monoisotopic (exact) mass is 237 g/mol. The summed E-state index contributed by atoms with van der Waals surface area (Å²) in [6, 6.07) is 0. The molecule has 0 saturated heterocycles. The summed E-state index contributed by atoms with van der Waals surface area (Å²) < 4.78 is 5.64. The molecule has 0 aromatic carbocycles. The summed E-state index contributed by atoms with van der Waals surface area (Å²) in [4.78, 5) is 15.8. The van der Waals surface area contributed by atoms with E-state index in [1.165, 1.54) is 0 Å². The van der Waals surface area contributed by atoms with Gasteiger partial charge in [0.15, 0.2) is 5.89 Å². The van der Waals surface area contributed by atoms with Crippen molar-refractivity contribution in [3.05, 3.63) is 17.3 Å². The number of rotatable bonds is 2. The second-order valence-electron chi connectivity index (χ2n) is 4.75. The van der Waals surface area contributed by atoms with Gasteiger partial charge in [-0.1, -0.05) is 0 Å². The number of aromatic nitrogens is 1. The van der Waals surface area contributed by atoms with Gasteiger partial charge in [0.1, 0.15) is 5.76 Å². The molecule has 94 valence electrons. The van der Waals surface area contributed by atoms with Crippen LogP contribution in [0, 0.1) is 19.8 Å². The maximum absolute atomic E-state index is 11.4. The van der Waals surface area contributed by atoms with Gasteiger partial charge in [-0.2, -0.15) is 0 Å². The van der Waals surface area contributed by atoms with E-state index in [2.05, 4.69) is 10.4 Å². The zero-order valence-corrected chi connectivity index (χ0v) is 10.3. The Morgan fingerprint density at radius 2 is 2.00 bits per heavy atom. The third kappa shape index (κ3) is 2.49. The minimum absolute atomic E-state index is 0.0495. The van der Waals surface area contributed by atoms with Crippen LogP contribution in [-0.2, 0) is 4.79 Å². The van der Waals surface area contributed by atoms with Gasteiger partial charge in [0, 0.05) is 11.8 Å². The van der Waals surface area contributed by atoms with E-state index < -0.39 is 0 Å². The first-order valence-corrected chi connectivity index (χ1v) is 6.06. The molecular weight excluding hydrogens is 218 g/mol. The minimum Gasteiger partial charge on any atom is -0.445 e. The Hall–Kier alpha value is -1.36. The summed E-state index contributed by atoms with van der Waals surface area (Å²) in [7, 11) is 0. The fraction of sp³-hybridized carbons (Fsp3) is 0.667. The zero-order chi connectivity index (χ0) is 12.4. The highest BCUT2D eigenvalue weighted by Crippen LogP contribution is 2.35. The lowest BCUT2D eigenvalue weighted by Crippen LogP contribution is -2.37. The smallest absolute Gasteiger partial charge is 0.236 e. The van der Waals surface area contributed by atoms with Crippen molar-refractivity contribution in [1.82, 2.24) is 10.4 Å². The van der Waals surface area contributed by atoms with Crippen LogP contribution in [-0.4, -0.2) is 10.9 Å². The molecule has 5 heteroatoms. The Morgan fingerprint density at radius 1 is 1.35 bits per heavy atom. The molecule has 0 bridgehead atoms. The molecule has 3 N–H and O–H groups in total. The number of amides is 1. The second-order valence-corrected chi connectivity index (χ2v) is 4.75. The van der Waals surface area contributed by atoms with Gasteiger partial charge in [-0.15, -0.1) is 0 Å². The number of aryl methyl sites for hydroxylation is 2. The van der Waals surface area contributed by atoms with Crippen LogP contribution in [0.15, 0.2) is 4.42 Å². The predicted octanol–water partition coefficient (Wildman–Crippen LogP) is 1.56. The van der Waals surface area contributed by atoms with Gasteiger partial charge >= 0.3 is 0 Å². The highest BCUT2D eigenvalue weighted by molar-refractivity contribution is 5.78. The van der Waals surface area contributed by atoms with Crippen molar-refractivity contribution in [3.63, 3.8) is 0 Å². The van der Waals surface area contributed by atoms with Gasteiger partial charge in [-0.25, -0.2) is 10.8 Å². The number of hydrogen-bond donors (Lipinski definition) is 2. The number of nitrogens with two attached hydrogens (primary N) is 1. The normalized spacial score (nSPS) is 24.6. The molecule has 0 atom stereocenters. The molecule has 1 aliphatic rings. The number of carbonyl (C=O) groups is 1. The van der Waals surface area contributed by atoms with Gasteiger partial charge in [0.2, 0.25) is 5.91 Å². The van der Waals surface area contributed by atoms with E-state index in [1.54, 1.807) is 0 Å². The molecule has 5 nitrogen and oxygen atoms in total. The van der Waals surface area contributed by atoms with Crippen LogP contribution >= 0.6 is 0 Å². The van der Waals surface area contributed by atoms with E-state index in [1.807, 2.05) is 13.8 Å². The maximum atomic E-state index is 11.4. The van der Waals surface area contributed by atoms with Gasteiger partial charge < -0.3 is 4.42 Å². The number of oxazole rings is 1. The lowest BCUT2D eigenvalue weighted by Gasteiger charge is -2.25. The van der Waals surface area contributed by atoms with Crippen LogP contribution in [0.2, 0.25) is 0 Å². The van der Waals surface area contributed by atoms with E-state index in [4.69, 9.17) is 10.3 Å². The molecule has 1 aliphatic carbocycles. The highest BCUT2D eigenvalue weighted by atomic mass is 16.4. The molecule has 1 saturated carbocycles. The third-order valence-electron chi connectivity index (χ3n) is 3.63. The average molecular weight is 237 g/mol. The van der Waals surface area contributed by atoms with Crippen LogP contribution in [0.1, 0.15) is 48.9 Å². The Labute approximate surface area is 101 Å². The van der Waals surface area contributed by atoms with E-state index >= 15 is 0 Å². The quantitative estimate of drug-likeness (QED) is 0.464. The lowest BCUT2D eigenvalue weighted by atomic mass is 9.81. The summed E-state index contributed by atoms with van der Waals surface area (Å²) in [5, 5.41) is 0. The maximum Gasteiger partial charge on any atom is 0.236 e. The zero-order valence-electron chi connectivity index (χ0n) is 10.3. The van der Waals surface area contributed by atoms with Crippen molar-refractivity contribution in [2.75, 3.05) is 0 Å². The molecule has 1 fully saturated rings. The molecule has 2 rings (SSSR count). The van der Waals surface area contributed by atoms with Crippen molar-refractivity contribution in [1.29, 1.82) is 0 Å². The van der Waals surface area contributed by atoms with Gasteiger partial charge in [-0.05, 0) is 39.5 Å². The first-order valence-electron chi connectivity index (χ1n) is 6.06. The lowest BCUT2D eigenvalue weighted by molar-refractivity contribution is -0.126. The van der Waals surface area contributed by atoms with Gasteiger partial charge in [0.05, 0.1) is 5.69 Å². The third-order valence-corrected chi connectivity index (χ3v) is 3.63. The Morgan fingerprint density at radius 3 is 2.47 bits per heavy atom. The van der Waals surface area contributed by atoms with Crippen molar-refractivity contribution < 1.29 is 9.21 Å². The van der Waals surface area contributed by atoms with E-state index in [9.17, 15) is 4.79 Å². The summed E-state index contributed by atoms with van der Waals surface area (Å²) >= 11 is 0. The van der Waals surface area contributed by atoms with Gasteiger partial charge in [0.25, 0.3) is 0 Å². The van der Waals surface area contributed by atoms with Gasteiger partial charge in [-0.3, -0.25) is 10.2 Å².